The van der Waals surface area contributed by atoms with Gasteiger partial charge in [0, 0.05) is 23.9 Å². The topological polar surface area (TPSA) is 93.2 Å². The van der Waals surface area contributed by atoms with Gasteiger partial charge in [-0.15, -0.1) is 11.3 Å². The zero-order chi connectivity index (χ0) is 21.1. The molecule has 0 bridgehead atoms. The van der Waals surface area contributed by atoms with Crippen molar-refractivity contribution in [2.75, 3.05) is 12.3 Å². The molecule has 0 saturated carbocycles. The lowest BCUT2D eigenvalue weighted by Gasteiger charge is -2.07. The van der Waals surface area contributed by atoms with Gasteiger partial charge in [-0.25, -0.2) is 26.5 Å². The summed E-state index contributed by atoms with van der Waals surface area (Å²) in [5, 5.41) is 2.82. The van der Waals surface area contributed by atoms with Crippen LogP contribution in [0.4, 0.5) is 0 Å². The maximum atomic E-state index is 12.4. The molecule has 0 unspecified atom stereocenters. The smallest absolute Gasteiger partial charge is 0.240 e. The van der Waals surface area contributed by atoms with Crippen molar-refractivity contribution in [3.05, 3.63) is 65.2 Å². The van der Waals surface area contributed by atoms with Crippen LogP contribution < -0.4 is 4.72 Å². The van der Waals surface area contributed by atoms with Gasteiger partial charge in [0.25, 0.3) is 0 Å². The molecule has 0 radical (unpaired) electrons. The van der Waals surface area contributed by atoms with E-state index in [-0.39, 0.29) is 22.1 Å². The van der Waals surface area contributed by atoms with Crippen LogP contribution in [0.2, 0.25) is 0 Å². The number of sulfone groups is 1. The first-order chi connectivity index (χ1) is 13.7. The second-order valence-electron chi connectivity index (χ2n) is 6.53. The number of hydrogen-bond acceptors (Lipinski definition) is 6. The summed E-state index contributed by atoms with van der Waals surface area (Å²) in [4.78, 5) is 4.72. The van der Waals surface area contributed by atoms with Gasteiger partial charge in [0.2, 0.25) is 10.0 Å². The number of nitrogens with one attached hydrogen (secondary N) is 1. The van der Waals surface area contributed by atoms with Crippen molar-refractivity contribution in [1.82, 2.24) is 9.71 Å². The van der Waals surface area contributed by atoms with E-state index in [4.69, 9.17) is 0 Å². The minimum atomic E-state index is -3.72. The maximum Gasteiger partial charge on any atom is 0.240 e. The van der Waals surface area contributed by atoms with E-state index in [1.807, 2.05) is 36.6 Å². The monoisotopic (exact) mass is 450 g/mol. The molecule has 6 nitrogen and oxygen atoms in total. The van der Waals surface area contributed by atoms with Gasteiger partial charge >= 0.3 is 0 Å². The van der Waals surface area contributed by atoms with Crippen molar-refractivity contribution in [3.63, 3.8) is 0 Å². The Morgan fingerprint density at radius 3 is 2.17 bits per heavy atom. The van der Waals surface area contributed by atoms with Crippen molar-refractivity contribution >= 4 is 31.2 Å². The fraction of sp³-hybridized carbons (Fsp3) is 0.250. The normalized spacial score (nSPS) is 12.2. The SMILES string of the molecule is CCS(=O)(=O)c1ccc(S(=O)(=O)NCCc2csc(-c3ccc(C)cc3)n2)cc1. The van der Waals surface area contributed by atoms with Gasteiger partial charge in [0.05, 0.1) is 21.2 Å². The fourth-order valence-corrected chi connectivity index (χ4v) is 5.42. The van der Waals surface area contributed by atoms with Gasteiger partial charge in [-0.3, -0.25) is 0 Å². The Balaban J connectivity index is 1.62. The molecule has 3 aromatic rings. The molecule has 29 heavy (non-hydrogen) atoms. The highest BCUT2D eigenvalue weighted by molar-refractivity contribution is 7.91. The predicted octanol–water partition coefficient (Wildman–Crippen LogP) is 3.43. The largest absolute Gasteiger partial charge is 0.241 e. The quantitative estimate of drug-likeness (QED) is 0.567. The van der Waals surface area contributed by atoms with E-state index in [2.05, 4.69) is 9.71 Å². The first kappa shape index (κ1) is 21.6. The number of hydrogen-bond donors (Lipinski definition) is 1. The number of nitrogens with zero attached hydrogens (tertiary/aromatic N) is 1. The van der Waals surface area contributed by atoms with E-state index in [0.29, 0.717) is 6.42 Å². The number of thiazole rings is 1. The Labute approximate surface area is 175 Å². The molecule has 0 fully saturated rings. The summed E-state index contributed by atoms with van der Waals surface area (Å²) in [6.45, 7) is 3.78. The average Bonchev–Trinajstić information content (AvgIpc) is 3.17. The lowest BCUT2D eigenvalue weighted by atomic mass is 10.2. The molecule has 1 heterocycles. The highest BCUT2D eigenvalue weighted by Crippen LogP contribution is 2.24. The van der Waals surface area contributed by atoms with Crippen molar-refractivity contribution in [2.45, 2.75) is 30.1 Å². The summed E-state index contributed by atoms with van der Waals surface area (Å²) in [6, 6.07) is 13.4. The minimum absolute atomic E-state index is 0.0322. The molecule has 154 valence electrons. The number of sulfonamides is 1. The zero-order valence-corrected chi connectivity index (χ0v) is 18.6. The Hall–Kier alpha value is -2.07. The van der Waals surface area contributed by atoms with Crippen LogP contribution in [-0.2, 0) is 26.3 Å². The predicted molar refractivity (Wildman–Crippen MR) is 115 cm³/mol. The molecule has 9 heteroatoms. The van der Waals surface area contributed by atoms with Crippen molar-refractivity contribution in [1.29, 1.82) is 0 Å². The van der Waals surface area contributed by atoms with E-state index in [1.54, 1.807) is 6.92 Å². The summed E-state index contributed by atoms with van der Waals surface area (Å²) in [5.41, 5.74) is 3.03. The van der Waals surface area contributed by atoms with Crippen molar-refractivity contribution in [2.24, 2.45) is 0 Å². The van der Waals surface area contributed by atoms with E-state index < -0.39 is 19.9 Å². The molecule has 0 aliphatic carbocycles. The van der Waals surface area contributed by atoms with Crippen molar-refractivity contribution < 1.29 is 16.8 Å². The Bertz CT molecular complexity index is 1180. The molecule has 0 amide bonds. The molecular formula is C20H22N2O4S3. The van der Waals surface area contributed by atoms with Crippen LogP contribution in [0.1, 0.15) is 18.2 Å². The average molecular weight is 451 g/mol. The third-order valence-corrected chi connectivity index (χ3v) is 8.56. The molecule has 0 aliphatic rings. The number of rotatable bonds is 8. The summed E-state index contributed by atoms with van der Waals surface area (Å²) in [6.07, 6.45) is 0.462. The second-order valence-corrected chi connectivity index (χ2v) is 11.4. The highest BCUT2D eigenvalue weighted by Gasteiger charge is 2.17. The van der Waals surface area contributed by atoms with Gasteiger partial charge in [-0.2, -0.15) is 0 Å². The summed E-state index contributed by atoms with van der Waals surface area (Å²) in [5.74, 6) is -0.0322. The van der Waals surface area contributed by atoms with Crippen molar-refractivity contribution in [3.8, 4) is 10.6 Å². The molecule has 1 aromatic heterocycles. The van der Waals surface area contributed by atoms with Crippen LogP contribution in [0.3, 0.4) is 0 Å². The van der Waals surface area contributed by atoms with Gasteiger partial charge < -0.3 is 0 Å². The first-order valence-electron chi connectivity index (χ1n) is 9.05. The summed E-state index contributed by atoms with van der Waals surface area (Å²) in [7, 11) is -7.08. The van der Waals surface area contributed by atoms with Crippen LogP contribution in [-0.4, -0.2) is 34.1 Å². The third-order valence-electron chi connectivity index (χ3n) is 4.40. The lowest BCUT2D eigenvalue weighted by Crippen LogP contribution is -2.26. The number of benzene rings is 2. The summed E-state index contributed by atoms with van der Waals surface area (Å²) < 4.78 is 51.1. The molecule has 0 spiro atoms. The second kappa shape index (κ2) is 8.74. The van der Waals surface area contributed by atoms with Gasteiger partial charge in [-0.1, -0.05) is 36.8 Å². The summed E-state index contributed by atoms with van der Waals surface area (Å²) >= 11 is 1.52. The number of aryl methyl sites for hydroxylation is 1. The van der Waals surface area contributed by atoms with Crippen LogP contribution in [0.25, 0.3) is 10.6 Å². The Morgan fingerprint density at radius 2 is 1.55 bits per heavy atom. The fourth-order valence-electron chi connectivity index (χ4n) is 2.64. The van der Waals surface area contributed by atoms with E-state index in [9.17, 15) is 16.8 Å². The Kier molecular flexibility index (Phi) is 6.52. The van der Waals surface area contributed by atoms with Gasteiger partial charge in [0.15, 0.2) is 9.84 Å². The van der Waals surface area contributed by atoms with Crippen LogP contribution in [0, 0.1) is 6.92 Å². The highest BCUT2D eigenvalue weighted by atomic mass is 32.2. The van der Waals surface area contributed by atoms with Gasteiger partial charge in [-0.05, 0) is 31.2 Å². The zero-order valence-electron chi connectivity index (χ0n) is 16.1. The maximum absolute atomic E-state index is 12.4. The van der Waals surface area contributed by atoms with E-state index in [1.165, 1.54) is 41.2 Å². The third kappa shape index (κ3) is 5.30. The Morgan fingerprint density at radius 1 is 0.931 bits per heavy atom. The van der Waals surface area contributed by atoms with Crippen LogP contribution >= 0.6 is 11.3 Å². The van der Waals surface area contributed by atoms with Crippen LogP contribution in [0.15, 0.2) is 63.7 Å². The standard InChI is InChI=1S/C20H22N2O4S3/c1-3-28(23,24)18-8-10-19(11-9-18)29(25,26)21-13-12-17-14-27-20(22-17)16-6-4-15(2)5-7-16/h4-11,14,21H,3,12-13H2,1-2H3. The molecule has 0 saturated heterocycles. The molecule has 2 aromatic carbocycles. The first-order valence-corrected chi connectivity index (χ1v) is 13.1. The molecule has 1 N–H and O–H groups in total. The lowest BCUT2D eigenvalue weighted by molar-refractivity contribution is 0.580. The molecule has 0 atom stereocenters. The van der Waals surface area contributed by atoms with E-state index in [0.717, 1.165) is 16.3 Å². The molecule has 0 aliphatic heterocycles. The minimum Gasteiger partial charge on any atom is -0.241 e. The van der Waals surface area contributed by atoms with Gasteiger partial charge in [0.1, 0.15) is 5.01 Å². The molecular weight excluding hydrogens is 428 g/mol. The van der Waals surface area contributed by atoms with E-state index >= 15 is 0 Å². The molecule has 3 rings (SSSR count). The number of aromatic nitrogens is 1. The van der Waals surface area contributed by atoms with Crippen LogP contribution in [0.5, 0.6) is 0 Å².